The number of fused-ring (bicyclic) bond motifs is 2. The Balaban J connectivity index is 0.709. The maximum Gasteiger partial charge on any atom is 0.410 e. The summed E-state index contributed by atoms with van der Waals surface area (Å²) < 4.78 is 22.3. The summed E-state index contributed by atoms with van der Waals surface area (Å²) in [6.45, 7) is 7.06. The topological polar surface area (TPSA) is 366 Å². The van der Waals surface area contributed by atoms with E-state index in [1.807, 2.05) is 59.0 Å². The van der Waals surface area contributed by atoms with Crippen LogP contribution < -0.4 is 20.3 Å². The lowest BCUT2D eigenvalue weighted by molar-refractivity contribution is -0.248. The van der Waals surface area contributed by atoms with Gasteiger partial charge in [-0.25, -0.2) is 19.6 Å². The predicted molar refractivity (Wildman–Crippen MR) is 357 cm³/mol. The molecule has 6 aromatic rings. The Morgan fingerprint density at radius 2 is 1.61 bits per heavy atom. The summed E-state index contributed by atoms with van der Waals surface area (Å²) in [5.74, 6) is -5.41. The number of aliphatic hydroxyl groups excluding tert-OH is 5. The minimum atomic E-state index is -1.85. The number of aromatic carboxylic acids is 1. The van der Waals surface area contributed by atoms with Crippen LogP contribution in [0.2, 0.25) is 0 Å². The van der Waals surface area contributed by atoms with E-state index in [9.17, 15) is 69.3 Å². The molecule has 8 atom stereocenters. The van der Waals surface area contributed by atoms with Gasteiger partial charge in [0.15, 0.2) is 10.8 Å². The molecular formula is C71H83N9O17S. The Kier molecular flexibility index (Phi) is 20.0. The van der Waals surface area contributed by atoms with Gasteiger partial charge in [0, 0.05) is 85.8 Å². The highest BCUT2D eigenvalue weighted by atomic mass is 32.1. The summed E-state index contributed by atoms with van der Waals surface area (Å²) in [6.07, 6.45) is 2.21. The normalized spacial score (nSPS) is 25.7. The van der Waals surface area contributed by atoms with Crippen molar-refractivity contribution in [3.05, 3.63) is 130 Å². The lowest BCUT2D eigenvalue weighted by atomic mass is 9.39. The minimum Gasteiger partial charge on any atom is -0.487 e. The van der Waals surface area contributed by atoms with Gasteiger partial charge in [-0.3, -0.25) is 38.9 Å². The zero-order valence-corrected chi connectivity index (χ0v) is 55.7. The summed E-state index contributed by atoms with van der Waals surface area (Å²) in [5, 5.41) is 84.4. The summed E-state index contributed by atoms with van der Waals surface area (Å²) in [6, 6.07) is 22.0. The first kappa shape index (κ1) is 69.2. The largest absolute Gasteiger partial charge is 0.487 e. The molecule has 4 bridgehead atoms. The zero-order valence-electron chi connectivity index (χ0n) is 54.9. The van der Waals surface area contributed by atoms with Crippen molar-refractivity contribution >= 4 is 74.2 Å². The van der Waals surface area contributed by atoms with Crippen molar-refractivity contribution in [3.63, 3.8) is 0 Å². The van der Waals surface area contributed by atoms with Crippen molar-refractivity contribution in [1.29, 1.82) is 0 Å². The minimum absolute atomic E-state index is 0.0129. The second kappa shape index (κ2) is 28.3. The highest BCUT2D eigenvalue weighted by Gasteiger charge is 2.66. The van der Waals surface area contributed by atoms with Gasteiger partial charge in [0.1, 0.15) is 43.0 Å². The van der Waals surface area contributed by atoms with Crippen molar-refractivity contribution in [2.75, 3.05) is 56.2 Å². The molecule has 26 nitrogen and oxygen atoms in total. The number of unbranched alkanes of at least 4 members (excludes halogenated alkanes) is 1. The van der Waals surface area contributed by atoms with E-state index in [2.05, 4.69) is 29.5 Å². The number of pyridine rings is 1. The molecule has 5 saturated carbocycles. The summed E-state index contributed by atoms with van der Waals surface area (Å²) >= 11 is 1.40. The molecule has 0 spiro atoms. The van der Waals surface area contributed by atoms with Crippen LogP contribution in [0.4, 0.5) is 15.7 Å². The number of carboxylic acid groups (broad SMARTS) is 2. The Morgan fingerprint density at radius 1 is 0.847 bits per heavy atom. The third-order valence-corrected chi connectivity index (χ3v) is 21.4. The van der Waals surface area contributed by atoms with Crippen molar-refractivity contribution in [2.45, 2.75) is 154 Å². The summed E-state index contributed by atoms with van der Waals surface area (Å²) in [7, 11) is 0. The SMILES string of the molecule is Cc1c(-c2ccc(N3CCc4cccc(C(=O)Nc5nc6ccccc6s5)c4C3)nc2C(=O)O)cnn1CC12CC3(C)CC(C)(C1)CC(OCCN(CC[C@H](O)CO)C(=O)OCc1ccc(CCCCNC(=O)CN4C(=O)C=CC4=O)cc1O[C@@H]1C[C@H](C(=O)O)[C@@H](O)[C@H](O)[C@H]1O)(C3)C2. The first-order valence-corrected chi connectivity index (χ1v) is 34.1. The number of ether oxygens (including phenoxy) is 3. The molecule has 5 heterocycles. The number of benzene rings is 3. The molecule has 5 aliphatic carbocycles. The van der Waals surface area contributed by atoms with E-state index in [0.717, 1.165) is 76.2 Å². The van der Waals surface area contributed by atoms with Gasteiger partial charge in [-0.1, -0.05) is 61.6 Å². The number of hydrogen-bond donors (Lipinski definition) is 9. The van der Waals surface area contributed by atoms with Gasteiger partial charge in [0.25, 0.3) is 17.7 Å². The van der Waals surface area contributed by atoms with Gasteiger partial charge < -0.3 is 65.1 Å². The number of carbonyl (C=O) groups is 7. The number of para-hydroxylation sites is 1. The number of aliphatic carboxylic acids is 1. The molecule has 3 aromatic carbocycles. The van der Waals surface area contributed by atoms with Crippen LogP contribution in [0.25, 0.3) is 21.3 Å². The number of imide groups is 1. The zero-order chi connectivity index (χ0) is 69.4. The molecule has 0 radical (unpaired) electrons. The monoisotopic (exact) mass is 1370 g/mol. The lowest BCUT2D eigenvalue weighted by Gasteiger charge is -2.69. The number of carbonyl (C=O) groups excluding carboxylic acids is 5. The molecule has 520 valence electrons. The van der Waals surface area contributed by atoms with Gasteiger partial charge in [0.2, 0.25) is 5.91 Å². The number of aliphatic hydroxyl groups is 5. The molecule has 5 amide bonds. The molecular weight excluding hydrogens is 1280 g/mol. The van der Waals surface area contributed by atoms with Gasteiger partial charge in [-0.2, -0.15) is 5.10 Å². The number of thiazole rings is 1. The summed E-state index contributed by atoms with van der Waals surface area (Å²) in [5.41, 5.74) is 4.89. The molecule has 5 fully saturated rings. The van der Waals surface area contributed by atoms with E-state index < -0.39 is 90.9 Å². The van der Waals surface area contributed by atoms with Crippen molar-refractivity contribution in [2.24, 2.45) is 22.2 Å². The van der Waals surface area contributed by atoms with Gasteiger partial charge in [0.05, 0.1) is 53.4 Å². The van der Waals surface area contributed by atoms with Gasteiger partial charge in [-0.05, 0) is 147 Å². The predicted octanol–water partition coefficient (Wildman–Crippen LogP) is 6.19. The smallest absolute Gasteiger partial charge is 0.410 e. The van der Waals surface area contributed by atoms with Crippen LogP contribution in [0.3, 0.4) is 0 Å². The standard InChI is InChI=1S/C71H83N9O17S/c1-41-49(46-16-17-55(75-59(46)65(92)93)78-23-20-43-10-8-11-47(50(43)30-78)63(89)76-66-74-51-12-4-5-13-54(51)98-66)29-73-80(41)40-70-35-68(2)34-69(3,36-70)38-71(37-68,39-70)96-26-25-77(24-21-45(82)32-81)67(94)95-33-44-15-14-42(9-6-7-22-72-56(83)31-79-57(84)18-19-58(79)85)27-52(44)97-53-28-48(64(90)91)60(86)62(88)61(53)87/h4-5,8,10-19,27,29,45,48,53,60-62,81-82,86-88H,6-7,9,20-26,28,30-40H2,1-3H3,(H,72,83)(H,90,91)(H,92,93)(H,74,76,89)/t45-,48-,53+,60+,61-,62-,68?,69?,70?,71?/m0/s1. The third kappa shape index (κ3) is 14.8. The number of amides is 5. The van der Waals surface area contributed by atoms with Crippen LogP contribution in [-0.4, -0.2) is 189 Å². The molecule has 9 N–H and O–H groups in total. The maximum atomic E-state index is 14.3. The number of rotatable bonds is 27. The quantitative estimate of drug-likeness (QED) is 0.0205. The Bertz CT molecular complexity index is 4030. The molecule has 0 saturated heterocycles. The second-order valence-electron chi connectivity index (χ2n) is 28.3. The van der Waals surface area contributed by atoms with Crippen LogP contribution in [-0.2, 0) is 61.2 Å². The van der Waals surface area contributed by atoms with Crippen molar-refractivity contribution < 1.29 is 83.5 Å². The summed E-state index contributed by atoms with van der Waals surface area (Å²) in [4.78, 5) is 103. The average Bonchev–Trinajstić information content (AvgIpc) is 0.810. The number of anilines is 2. The fourth-order valence-electron chi connectivity index (χ4n) is 16.9. The van der Waals surface area contributed by atoms with E-state index in [1.165, 1.54) is 16.2 Å². The van der Waals surface area contributed by atoms with Crippen molar-refractivity contribution in [3.8, 4) is 16.9 Å². The Morgan fingerprint density at radius 3 is 2.35 bits per heavy atom. The fraction of sp³-hybridized carbons (Fsp3) is 0.493. The highest BCUT2D eigenvalue weighted by molar-refractivity contribution is 7.22. The molecule has 13 rings (SSSR count). The Hall–Kier alpha value is -8.70. The highest BCUT2D eigenvalue weighted by Crippen LogP contribution is 2.72. The number of aryl methyl sites for hydroxylation is 1. The lowest BCUT2D eigenvalue weighted by Crippen LogP contribution is -2.64. The molecule has 3 aromatic heterocycles. The molecule has 2 aliphatic heterocycles. The van der Waals surface area contributed by atoms with Crippen LogP contribution >= 0.6 is 11.3 Å². The van der Waals surface area contributed by atoms with Gasteiger partial charge >= 0.3 is 18.0 Å². The van der Waals surface area contributed by atoms with Crippen LogP contribution in [0, 0.1) is 29.1 Å². The number of nitrogens with zero attached hydrogens (tertiary/aromatic N) is 7. The molecule has 27 heteroatoms. The van der Waals surface area contributed by atoms with E-state index in [4.69, 9.17) is 24.3 Å². The van der Waals surface area contributed by atoms with E-state index in [1.54, 1.807) is 36.5 Å². The number of hydrogen-bond acceptors (Lipinski definition) is 20. The fourth-order valence-corrected chi connectivity index (χ4v) is 17.7. The molecule has 98 heavy (non-hydrogen) atoms. The van der Waals surface area contributed by atoms with Crippen LogP contribution in [0.1, 0.15) is 127 Å². The van der Waals surface area contributed by atoms with E-state index in [-0.39, 0.29) is 79.3 Å². The first-order valence-electron chi connectivity index (χ1n) is 33.3. The number of aromatic nitrogens is 4. The maximum absolute atomic E-state index is 14.3. The third-order valence-electron chi connectivity index (χ3n) is 20.4. The van der Waals surface area contributed by atoms with Crippen LogP contribution in [0.15, 0.2) is 91.1 Å². The molecule has 2 unspecified atom stereocenters. The number of nitrogens with one attached hydrogen (secondary N) is 2. The van der Waals surface area contributed by atoms with E-state index in [0.29, 0.717) is 90.5 Å². The average molecular weight is 1370 g/mol. The van der Waals surface area contributed by atoms with Crippen LogP contribution in [0.5, 0.6) is 5.75 Å². The van der Waals surface area contributed by atoms with E-state index >= 15 is 0 Å². The first-order chi connectivity index (χ1) is 46.8. The second-order valence-corrected chi connectivity index (χ2v) is 29.3. The Labute approximate surface area is 569 Å². The molecule has 7 aliphatic rings. The van der Waals surface area contributed by atoms with Gasteiger partial charge in [-0.15, -0.1) is 0 Å². The van der Waals surface area contributed by atoms with Crippen molar-refractivity contribution in [1.82, 2.24) is 34.9 Å². The number of carboxylic acids is 2.